The summed E-state index contributed by atoms with van der Waals surface area (Å²) in [6.07, 6.45) is -4.22. The Labute approximate surface area is 107 Å². The van der Waals surface area contributed by atoms with Gasteiger partial charge in [0.25, 0.3) is 0 Å². The second kappa shape index (κ2) is 7.31. The van der Waals surface area contributed by atoms with E-state index in [1.807, 2.05) is 0 Å². The third kappa shape index (κ3) is 7.18. The van der Waals surface area contributed by atoms with Crippen LogP contribution in [0.5, 0.6) is 0 Å². The molecule has 1 heterocycles. The maximum absolute atomic E-state index is 11.9. The van der Waals surface area contributed by atoms with Crippen molar-refractivity contribution >= 4 is 0 Å². The molecule has 1 aliphatic rings. The molecule has 0 saturated carbocycles. The summed E-state index contributed by atoms with van der Waals surface area (Å²) in [7, 11) is 0. The first kappa shape index (κ1) is 15.7. The van der Waals surface area contributed by atoms with E-state index in [1.165, 1.54) is 0 Å². The number of rotatable bonds is 4. The largest absolute Gasteiger partial charge is 0.411 e. The smallest absolute Gasteiger partial charge is 0.371 e. The van der Waals surface area contributed by atoms with Crippen molar-refractivity contribution < 1.29 is 17.9 Å². The first-order valence-corrected chi connectivity index (χ1v) is 6.44. The minimum Gasteiger partial charge on any atom is -0.371 e. The Balaban J connectivity index is 2.25. The zero-order valence-corrected chi connectivity index (χ0v) is 11.1. The van der Waals surface area contributed by atoms with E-state index in [0.29, 0.717) is 18.4 Å². The molecule has 0 aromatic heterocycles. The summed E-state index contributed by atoms with van der Waals surface area (Å²) in [5.41, 5.74) is 0. The topological polar surface area (TPSA) is 24.5 Å². The van der Waals surface area contributed by atoms with Gasteiger partial charge in [0.05, 0.1) is 6.61 Å². The van der Waals surface area contributed by atoms with Gasteiger partial charge in [-0.25, -0.2) is 0 Å². The third-order valence-corrected chi connectivity index (χ3v) is 2.94. The molecule has 2 atom stereocenters. The van der Waals surface area contributed by atoms with Crippen LogP contribution in [0.4, 0.5) is 13.2 Å². The lowest BCUT2D eigenvalue weighted by Gasteiger charge is -2.31. The fourth-order valence-corrected chi connectivity index (χ4v) is 2.23. The van der Waals surface area contributed by atoms with Gasteiger partial charge in [0.1, 0.15) is 6.61 Å². The lowest BCUT2D eigenvalue weighted by molar-refractivity contribution is -0.174. The number of hydrogen-bond donors (Lipinski definition) is 1. The fourth-order valence-electron chi connectivity index (χ4n) is 2.23. The molecular formula is C12H23F3N2O. The Morgan fingerprint density at radius 2 is 1.72 bits per heavy atom. The van der Waals surface area contributed by atoms with Gasteiger partial charge >= 0.3 is 6.18 Å². The first-order valence-electron chi connectivity index (χ1n) is 6.44. The van der Waals surface area contributed by atoms with E-state index in [9.17, 15) is 13.2 Å². The maximum Gasteiger partial charge on any atom is 0.411 e. The van der Waals surface area contributed by atoms with Crippen LogP contribution in [0, 0.1) is 11.8 Å². The monoisotopic (exact) mass is 268 g/mol. The average molecular weight is 268 g/mol. The number of halogens is 3. The van der Waals surface area contributed by atoms with E-state index < -0.39 is 12.8 Å². The van der Waals surface area contributed by atoms with Crippen molar-refractivity contribution in [3.8, 4) is 0 Å². The minimum absolute atomic E-state index is 0.145. The highest BCUT2D eigenvalue weighted by molar-refractivity contribution is 4.72. The molecule has 1 saturated heterocycles. The van der Waals surface area contributed by atoms with E-state index in [-0.39, 0.29) is 6.61 Å². The summed E-state index contributed by atoms with van der Waals surface area (Å²) in [6.45, 7) is 7.61. The van der Waals surface area contributed by atoms with Gasteiger partial charge in [-0.1, -0.05) is 13.8 Å². The van der Waals surface area contributed by atoms with Crippen LogP contribution in [0.2, 0.25) is 0 Å². The highest BCUT2D eigenvalue weighted by Crippen LogP contribution is 2.14. The predicted octanol–water partition coefficient (Wildman–Crippen LogP) is 1.74. The van der Waals surface area contributed by atoms with Gasteiger partial charge in [-0.2, -0.15) is 13.2 Å². The van der Waals surface area contributed by atoms with Crippen LogP contribution >= 0.6 is 0 Å². The first-order chi connectivity index (χ1) is 8.37. The molecule has 18 heavy (non-hydrogen) atoms. The normalized spacial score (nSPS) is 27.8. The summed E-state index contributed by atoms with van der Waals surface area (Å²) in [5.74, 6) is 1.03. The molecule has 0 bridgehead atoms. The molecule has 1 N–H and O–H groups in total. The highest BCUT2D eigenvalue weighted by Gasteiger charge is 2.27. The number of alkyl halides is 3. The molecule has 1 rings (SSSR count). The lowest BCUT2D eigenvalue weighted by Crippen LogP contribution is -2.43. The molecule has 0 spiro atoms. The van der Waals surface area contributed by atoms with Crippen LogP contribution in [-0.4, -0.2) is 57.0 Å². The average Bonchev–Trinajstić information content (AvgIpc) is 2.20. The Morgan fingerprint density at radius 1 is 1.17 bits per heavy atom. The molecule has 0 aromatic carbocycles. The highest BCUT2D eigenvalue weighted by atomic mass is 19.4. The van der Waals surface area contributed by atoms with Gasteiger partial charge in [-0.3, -0.25) is 0 Å². The Bertz CT molecular complexity index is 224. The minimum atomic E-state index is -4.22. The van der Waals surface area contributed by atoms with Gasteiger partial charge in [0.15, 0.2) is 0 Å². The van der Waals surface area contributed by atoms with Crippen LogP contribution in [0.15, 0.2) is 0 Å². The van der Waals surface area contributed by atoms with E-state index in [4.69, 9.17) is 0 Å². The molecule has 2 unspecified atom stereocenters. The summed E-state index contributed by atoms with van der Waals surface area (Å²) in [6, 6.07) is 0. The van der Waals surface area contributed by atoms with Crippen LogP contribution in [0.3, 0.4) is 0 Å². The van der Waals surface area contributed by atoms with Crippen molar-refractivity contribution in [2.75, 3.05) is 45.9 Å². The van der Waals surface area contributed by atoms with Gasteiger partial charge in [-0.15, -0.1) is 0 Å². The third-order valence-electron chi connectivity index (χ3n) is 2.94. The molecule has 1 aliphatic heterocycles. The summed E-state index contributed by atoms with van der Waals surface area (Å²) < 4.78 is 40.4. The molecular weight excluding hydrogens is 245 g/mol. The van der Waals surface area contributed by atoms with Crippen LogP contribution in [0.25, 0.3) is 0 Å². The second-order valence-corrected chi connectivity index (χ2v) is 5.30. The lowest BCUT2D eigenvalue weighted by atomic mass is 10.1. The van der Waals surface area contributed by atoms with E-state index >= 15 is 0 Å². The van der Waals surface area contributed by atoms with Gasteiger partial charge in [0.2, 0.25) is 0 Å². The van der Waals surface area contributed by atoms with E-state index in [1.54, 1.807) is 0 Å². The maximum atomic E-state index is 11.9. The summed E-state index contributed by atoms with van der Waals surface area (Å²) in [4.78, 5) is 2.20. The summed E-state index contributed by atoms with van der Waals surface area (Å²) in [5, 5.41) is 3.39. The fraction of sp³-hybridized carbons (Fsp3) is 1.00. The van der Waals surface area contributed by atoms with Crippen molar-refractivity contribution in [3.63, 3.8) is 0 Å². The number of hydrogen-bond acceptors (Lipinski definition) is 3. The van der Waals surface area contributed by atoms with Crippen LogP contribution < -0.4 is 5.32 Å². The number of nitrogens with one attached hydrogen (secondary N) is 1. The zero-order valence-electron chi connectivity index (χ0n) is 11.1. The number of nitrogens with zero attached hydrogens (tertiary/aromatic N) is 1. The van der Waals surface area contributed by atoms with E-state index in [0.717, 1.165) is 26.2 Å². The van der Waals surface area contributed by atoms with Gasteiger partial charge in [0, 0.05) is 19.6 Å². The zero-order chi connectivity index (χ0) is 13.6. The van der Waals surface area contributed by atoms with E-state index in [2.05, 4.69) is 28.8 Å². The molecule has 0 aromatic rings. The second-order valence-electron chi connectivity index (χ2n) is 5.30. The molecule has 108 valence electrons. The molecule has 6 heteroatoms. The Hall–Kier alpha value is -0.330. The van der Waals surface area contributed by atoms with Crippen LogP contribution in [0.1, 0.15) is 13.8 Å². The quantitative estimate of drug-likeness (QED) is 0.786. The standard InChI is InChI=1S/C12H23F3N2O/c1-10-5-16-6-11(2)8-17(7-10)3-4-18-9-12(13,14)15/h10-11,16H,3-9H2,1-2H3. The predicted molar refractivity (Wildman–Crippen MR) is 64.5 cm³/mol. The Kier molecular flexibility index (Phi) is 6.38. The SMILES string of the molecule is CC1CNCC(C)CN(CCOCC(F)(F)F)C1. The van der Waals surface area contributed by atoms with Gasteiger partial charge in [-0.05, 0) is 24.9 Å². The van der Waals surface area contributed by atoms with Crippen molar-refractivity contribution in [1.82, 2.24) is 10.2 Å². The van der Waals surface area contributed by atoms with Crippen molar-refractivity contribution in [1.29, 1.82) is 0 Å². The van der Waals surface area contributed by atoms with Crippen molar-refractivity contribution in [3.05, 3.63) is 0 Å². The molecule has 0 radical (unpaired) electrons. The Morgan fingerprint density at radius 3 is 2.22 bits per heavy atom. The molecule has 0 aliphatic carbocycles. The van der Waals surface area contributed by atoms with Crippen molar-refractivity contribution in [2.24, 2.45) is 11.8 Å². The summed E-state index contributed by atoms with van der Waals surface area (Å²) >= 11 is 0. The molecule has 1 fully saturated rings. The van der Waals surface area contributed by atoms with Gasteiger partial charge < -0.3 is 15.0 Å². The van der Waals surface area contributed by atoms with Crippen LogP contribution in [-0.2, 0) is 4.74 Å². The number of ether oxygens (including phenoxy) is 1. The molecule has 0 amide bonds. The molecule has 3 nitrogen and oxygen atoms in total. The van der Waals surface area contributed by atoms with Crippen molar-refractivity contribution in [2.45, 2.75) is 20.0 Å².